The molecule has 2 rings (SSSR count). The van der Waals surface area contributed by atoms with Crippen LogP contribution in [0.1, 0.15) is 33.6 Å². The number of amides is 2. The minimum atomic E-state index is -0.489. The van der Waals surface area contributed by atoms with Gasteiger partial charge in [0, 0.05) is 38.3 Å². The summed E-state index contributed by atoms with van der Waals surface area (Å²) < 4.78 is 5.34. The Morgan fingerprint density at radius 3 is 2.18 bits per heavy atom. The number of ether oxygens (including phenoxy) is 1. The number of hydrogen-bond acceptors (Lipinski definition) is 5. The lowest BCUT2D eigenvalue weighted by Crippen LogP contribution is -2.55. The van der Waals surface area contributed by atoms with Crippen LogP contribution in [0, 0.1) is 0 Å². The van der Waals surface area contributed by atoms with E-state index in [1.165, 1.54) is 0 Å². The van der Waals surface area contributed by atoms with Crippen LogP contribution in [-0.2, 0) is 9.53 Å². The van der Waals surface area contributed by atoms with E-state index >= 15 is 0 Å². The zero-order valence-corrected chi connectivity index (χ0v) is 13.8. The fourth-order valence-electron chi connectivity index (χ4n) is 2.64. The summed E-state index contributed by atoms with van der Waals surface area (Å²) in [5, 5.41) is 3.24. The molecule has 0 radical (unpaired) electrons. The molecule has 1 aliphatic heterocycles. The molecular formula is C15H28N4O3. The molecule has 0 spiro atoms. The lowest BCUT2D eigenvalue weighted by molar-refractivity contribution is -0.132. The molecule has 0 aromatic rings. The SMILES string of the molecule is CC(C)(C)OC(=O)N1CCN(C(=O)CNC2CC(N)C2)CC1. The number of piperazine rings is 1. The molecule has 7 nitrogen and oxygen atoms in total. The van der Waals surface area contributed by atoms with Gasteiger partial charge in [0.25, 0.3) is 0 Å². The van der Waals surface area contributed by atoms with Crippen molar-refractivity contribution in [3.63, 3.8) is 0 Å². The van der Waals surface area contributed by atoms with Crippen LogP contribution in [0.2, 0.25) is 0 Å². The second-order valence-corrected chi connectivity index (χ2v) is 7.16. The van der Waals surface area contributed by atoms with E-state index < -0.39 is 5.60 Å². The van der Waals surface area contributed by atoms with E-state index in [4.69, 9.17) is 10.5 Å². The predicted octanol–water partition coefficient (Wildman–Crippen LogP) is 0.145. The third-order valence-corrected chi connectivity index (χ3v) is 4.00. The fraction of sp³-hybridized carbons (Fsp3) is 0.867. The van der Waals surface area contributed by atoms with Crippen LogP contribution in [-0.4, -0.2) is 72.2 Å². The highest BCUT2D eigenvalue weighted by molar-refractivity contribution is 5.78. The van der Waals surface area contributed by atoms with Gasteiger partial charge in [-0.1, -0.05) is 0 Å². The Balaban J connectivity index is 1.67. The first-order chi connectivity index (χ1) is 10.2. The highest BCUT2D eigenvalue weighted by atomic mass is 16.6. The van der Waals surface area contributed by atoms with Crippen LogP contribution in [0.3, 0.4) is 0 Å². The van der Waals surface area contributed by atoms with E-state index in [2.05, 4.69) is 5.32 Å². The summed E-state index contributed by atoms with van der Waals surface area (Å²) in [5.74, 6) is 0.0873. The van der Waals surface area contributed by atoms with Gasteiger partial charge < -0.3 is 25.6 Å². The van der Waals surface area contributed by atoms with Crippen LogP contribution in [0.5, 0.6) is 0 Å². The Morgan fingerprint density at radius 1 is 1.14 bits per heavy atom. The van der Waals surface area contributed by atoms with Crippen LogP contribution in [0.4, 0.5) is 4.79 Å². The number of nitrogens with one attached hydrogen (secondary N) is 1. The quantitative estimate of drug-likeness (QED) is 0.774. The van der Waals surface area contributed by atoms with Gasteiger partial charge in [0.15, 0.2) is 0 Å². The Kier molecular flexibility index (Phi) is 5.28. The van der Waals surface area contributed by atoms with Gasteiger partial charge >= 0.3 is 6.09 Å². The molecular weight excluding hydrogens is 284 g/mol. The summed E-state index contributed by atoms with van der Waals surface area (Å²) in [6, 6.07) is 0.659. The molecule has 2 amide bonds. The number of nitrogens with two attached hydrogens (primary N) is 1. The molecule has 0 atom stereocenters. The smallest absolute Gasteiger partial charge is 0.410 e. The monoisotopic (exact) mass is 312 g/mol. The van der Waals surface area contributed by atoms with Gasteiger partial charge in [0.05, 0.1) is 6.54 Å². The minimum absolute atomic E-state index is 0.0873. The topological polar surface area (TPSA) is 87.9 Å². The molecule has 7 heteroatoms. The van der Waals surface area contributed by atoms with Gasteiger partial charge in [0.1, 0.15) is 5.60 Å². The molecule has 1 saturated carbocycles. The molecule has 3 N–H and O–H groups in total. The Labute approximate surface area is 132 Å². The highest BCUT2D eigenvalue weighted by Gasteiger charge is 2.29. The van der Waals surface area contributed by atoms with Gasteiger partial charge in [0.2, 0.25) is 5.91 Å². The standard InChI is InChI=1S/C15H28N4O3/c1-15(2,3)22-14(21)19-6-4-18(5-7-19)13(20)10-17-12-8-11(16)9-12/h11-12,17H,4-10,16H2,1-3H3. The summed E-state index contributed by atoms with van der Waals surface area (Å²) >= 11 is 0. The molecule has 2 fully saturated rings. The van der Waals surface area contributed by atoms with Crippen LogP contribution < -0.4 is 11.1 Å². The maximum atomic E-state index is 12.1. The van der Waals surface area contributed by atoms with Crippen LogP contribution in [0.25, 0.3) is 0 Å². The third kappa shape index (κ3) is 4.84. The van der Waals surface area contributed by atoms with Crippen molar-refractivity contribution < 1.29 is 14.3 Å². The molecule has 0 aromatic carbocycles. The number of carbonyl (C=O) groups is 2. The predicted molar refractivity (Wildman–Crippen MR) is 83.4 cm³/mol. The Morgan fingerprint density at radius 2 is 1.68 bits per heavy atom. The Bertz CT molecular complexity index is 408. The van der Waals surface area contributed by atoms with E-state index in [9.17, 15) is 9.59 Å². The molecule has 0 unspecified atom stereocenters. The summed E-state index contributed by atoms with van der Waals surface area (Å²) in [4.78, 5) is 27.5. The van der Waals surface area contributed by atoms with E-state index in [0.29, 0.717) is 38.8 Å². The van der Waals surface area contributed by atoms with Crippen molar-refractivity contribution in [1.82, 2.24) is 15.1 Å². The molecule has 1 heterocycles. The molecule has 0 aromatic heterocycles. The lowest BCUT2D eigenvalue weighted by atomic mass is 9.88. The first-order valence-electron chi connectivity index (χ1n) is 7.99. The second kappa shape index (κ2) is 6.83. The van der Waals surface area contributed by atoms with Crippen molar-refractivity contribution >= 4 is 12.0 Å². The number of carbonyl (C=O) groups excluding carboxylic acids is 2. The zero-order valence-electron chi connectivity index (χ0n) is 13.8. The largest absolute Gasteiger partial charge is 0.444 e. The van der Waals surface area contributed by atoms with Gasteiger partial charge in [-0.15, -0.1) is 0 Å². The normalized spacial score (nSPS) is 25.6. The average molecular weight is 312 g/mol. The van der Waals surface area contributed by atoms with Crippen LogP contribution >= 0.6 is 0 Å². The number of hydrogen-bond donors (Lipinski definition) is 2. The maximum absolute atomic E-state index is 12.1. The molecule has 22 heavy (non-hydrogen) atoms. The fourth-order valence-corrected chi connectivity index (χ4v) is 2.64. The van der Waals surface area contributed by atoms with Gasteiger partial charge in [-0.25, -0.2) is 4.79 Å². The number of nitrogens with zero attached hydrogens (tertiary/aromatic N) is 2. The molecule has 126 valence electrons. The van der Waals surface area contributed by atoms with Crippen molar-refractivity contribution in [3.8, 4) is 0 Å². The van der Waals surface area contributed by atoms with E-state index in [1.807, 2.05) is 20.8 Å². The van der Waals surface area contributed by atoms with E-state index in [1.54, 1.807) is 9.80 Å². The average Bonchev–Trinajstić information content (AvgIpc) is 2.40. The second-order valence-electron chi connectivity index (χ2n) is 7.16. The van der Waals surface area contributed by atoms with Gasteiger partial charge in [-0.3, -0.25) is 4.79 Å². The van der Waals surface area contributed by atoms with Gasteiger partial charge in [-0.05, 0) is 33.6 Å². The van der Waals surface area contributed by atoms with E-state index in [-0.39, 0.29) is 18.0 Å². The Hall–Kier alpha value is -1.34. The van der Waals surface area contributed by atoms with E-state index in [0.717, 1.165) is 12.8 Å². The highest BCUT2D eigenvalue weighted by Crippen LogP contribution is 2.17. The van der Waals surface area contributed by atoms with Crippen molar-refractivity contribution in [2.75, 3.05) is 32.7 Å². The first-order valence-corrected chi connectivity index (χ1v) is 7.99. The summed E-state index contributed by atoms with van der Waals surface area (Å²) in [5.41, 5.74) is 5.23. The molecule has 2 aliphatic rings. The zero-order chi connectivity index (χ0) is 16.3. The van der Waals surface area contributed by atoms with Crippen molar-refractivity contribution in [1.29, 1.82) is 0 Å². The lowest BCUT2D eigenvalue weighted by Gasteiger charge is -2.37. The van der Waals surface area contributed by atoms with Crippen molar-refractivity contribution in [2.45, 2.75) is 51.3 Å². The summed E-state index contributed by atoms with van der Waals surface area (Å²) in [6.07, 6.45) is 1.58. The van der Waals surface area contributed by atoms with Crippen LogP contribution in [0.15, 0.2) is 0 Å². The van der Waals surface area contributed by atoms with Crippen molar-refractivity contribution in [2.24, 2.45) is 5.73 Å². The number of rotatable bonds is 3. The maximum Gasteiger partial charge on any atom is 0.410 e. The molecule has 1 aliphatic carbocycles. The summed E-state index contributed by atoms with van der Waals surface area (Å²) in [7, 11) is 0. The summed E-state index contributed by atoms with van der Waals surface area (Å²) in [6.45, 7) is 8.07. The van der Waals surface area contributed by atoms with Crippen molar-refractivity contribution in [3.05, 3.63) is 0 Å². The van der Waals surface area contributed by atoms with Gasteiger partial charge in [-0.2, -0.15) is 0 Å². The first kappa shape index (κ1) is 17.0. The molecule has 0 bridgehead atoms. The third-order valence-electron chi connectivity index (χ3n) is 4.00. The molecule has 1 saturated heterocycles. The minimum Gasteiger partial charge on any atom is -0.444 e.